The summed E-state index contributed by atoms with van der Waals surface area (Å²) in [4.78, 5) is 16.1. The van der Waals surface area contributed by atoms with Gasteiger partial charge in [-0.25, -0.2) is 20.8 Å². The van der Waals surface area contributed by atoms with E-state index in [2.05, 4.69) is 25.4 Å². The van der Waals surface area contributed by atoms with Crippen molar-refractivity contribution in [2.75, 3.05) is 5.43 Å². The lowest BCUT2D eigenvalue weighted by Crippen LogP contribution is -2.08. The highest BCUT2D eigenvalue weighted by molar-refractivity contribution is 7.99. The molecule has 0 unspecified atom stereocenters. The van der Waals surface area contributed by atoms with Crippen molar-refractivity contribution in [2.45, 2.75) is 10.1 Å². The maximum atomic E-state index is 5.22. The van der Waals surface area contributed by atoms with Gasteiger partial charge in [0.2, 0.25) is 0 Å². The molecule has 6 nitrogen and oxygen atoms in total. The Kier molecular flexibility index (Phi) is 3.05. The molecule has 2 heterocycles. The fourth-order valence-electron chi connectivity index (χ4n) is 0.913. The van der Waals surface area contributed by atoms with Crippen molar-refractivity contribution in [3.05, 3.63) is 31.0 Å². The van der Waals surface area contributed by atoms with Crippen LogP contribution in [0.5, 0.6) is 0 Å². The Morgan fingerprint density at radius 2 is 2.13 bits per heavy atom. The van der Waals surface area contributed by atoms with E-state index in [0.29, 0.717) is 5.82 Å². The third kappa shape index (κ3) is 2.61. The maximum absolute atomic E-state index is 5.22. The van der Waals surface area contributed by atoms with E-state index in [4.69, 9.17) is 5.84 Å². The Labute approximate surface area is 90.4 Å². The van der Waals surface area contributed by atoms with E-state index in [9.17, 15) is 0 Å². The van der Waals surface area contributed by atoms with Crippen LogP contribution in [0.3, 0.4) is 0 Å². The zero-order valence-electron chi connectivity index (χ0n) is 7.66. The molecule has 2 rings (SSSR count). The Morgan fingerprint density at radius 1 is 1.20 bits per heavy atom. The number of hydrogen-bond donors (Lipinski definition) is 2. The molecule has 15 heavy (non-hydrogen) atoms. The molecular weight excluding hydrogens is 212 g/mol. The number of nitrogen functional groups attached to an aromatic ring is 1. The van der Waals surface area contributed by atoms with Gasteiger partial charge in [-0.2, -0.15) is 0 Å². The quantitative estimate of drug-likeness (QED) is 0.447. The molecule has 0 aromatic carbocycles. The highest BCUT2D eigenvalue weighted by Gasteiger charge is 2.01. The monoisotopic (exact) mass is 220 g/mol. The van der Waals surface area contributed by atoms with E-state index < -0.39 is 0 Å². The second-order valence-electron chi connectivity index (χ2n) is 2.54. The van der Waals surface area contributed by atoms with Crippen LogP contribution in [0.15, 0.2) is 41.0 Å². The smallest absolute Gasteiger partial charge is 0.159 e. The molecule has 0 spiro atoms. The number of rotatable bonds is 3. The molecule has 2 aromatic heterocycles. The summed E-state index contributed by atoms with van der Waals surface area (Å²) in [6.07, 6.45) is 6.35. The highest BCUT2D eigenvalue weighted by atomic mass is 32.2. The standard InChI is InChI=1S/C8H8N6S/c9-14-6-3-11-4-8(13-6)15-7-1-2-10-5-12-7/h1-5H,9H2,(H,13,14). The number of aromatic nitrogens is 4. The number of anilines is 1. The van der Waals surface area contributed by atoms with Gasteiger partial charge in [0, 0.05) is 6.20 Å². The SMILES string of the molecule is NNc1cncc(Sc2ccncn2)n1. The topological polar surface area (TPSA) is 89.6 Å². The minimum absolute atomic E-state index is 0.522. The van der Waals surface area contributed by atoms with E-state index in [0.717, 1.165) is 10.1 Å². The molecule has 0 aliphatic rings. The number of hydrazine groups is 1. The van der Waals surface area contributed by atoms with Gasteiger partial charge in [0.25, 0.3) is 0 Å². The van der Waals surface area contributed by atoms with E-state index in [1.807, 2.05) is 0 Å². The number of nitrogens with one attached hydrogen (secondary N) is 1. The molecule has 0 radical (unpaired) electrons. The van der Waals surface area contributed by atoms with Crippen LogP contribution in [-0.2, 0) is 0 Å². The lowest BCUT2D eigenvalue weighted by atomic mass is 10.7. The van der Waals surface area contributed by atoms with E-state index in [1.165, 1.54) is 18.1 Å². The Balaban J connectivity index is 2.17. The third-order valence-electron chi connectivity index (χ3n) is 1.52. The molecule has 0 fully saturated rings. The summed E-state index contributed by atoms with van der Waals surface area (Å²) in [6.45, 7) is 0. The largest absolute Gasteiger partial charge is 0.307 e. The van der Waals surface area contributed by atoms with Crippen molar-refractivity contribution in [1.82, 2.24) is 19.9 Å². The van der Waals surface area contributed by atoms with Crippen molar-refractivity contribution >= 4 is 17.6 Å². The van der Waals surface area contributed by atoms with Crippen LogP contribution >= 0.6 is 11.8 Å². The molecule has 2 aromatic rings. The van der Waals surface area contributed by atoms with Gasteiger partial charge < -0.3 is 5.43 Å². The molecule has 0 aliphatic heterocycles. The van der Waals surface area contributed by atoms with Gasteiger partial charge in [-0.15, -0.1) is 0 Å². The lowest BCUT2D eigenvalue weighted by molar-refractivity contribution is 1.01. The first-order valence-electron chi connectivity index (χ1n) is 4.11. The zero-order chi connectivity index (χ0) is 10.5. The maximum Gasteiger partial charge on any atom is 0.159 e. The summed E-state index contributed by atoms with van der Waals surface area (Å²) in [5.41, 5.74) is 2.43. The molecule has 7 heteroatoms. The molecule has 76 valence electrons. The molecule has 0 atom stereocenters. The highest BCUT2D eigenvalue weighted by Crippen LogP contribution is 2.23. The van der Waals surface area contributed by atoms with Crippen molar-refractivity contribution in [2.24, 2.45) is 5.84 Å². The number of nitrogens with two attached hydrogens (primary N) is 1. The number of nitrogens with zero attached hydrogens (tertiary/aromatic N) is 4. The van der Waals surface area contributed by atoms with E-state index >= 15 is 0 Å². The van der Waals surface area contributed by atoms with Crippen molar-refractivity contribution in [1.29, 1.82) is 0 Å². The summed E-state index contributed by atoms with van der Waals surface area (Å²) in [5, 5.41) is 1.54. The van der Waals surface area contributed by atoms with Crippen molar-refractivity contribution in [3.8, 4) is 0 Å². The predicted octanol–water partition coefficient (Wildman–Crippen LogP) is 0.703. The molecular formula is C8H8N6S. The average molecular weight is 220 g/mol. The summed E-state index contributed by atoms with van der Waals surface area (Å²) >= 11 is 1.40. The van der Waals surface area contributed by atoms with Crippen LogP contribution in [0.4, 0.5) is 5.82 Å². The zero-order valence-corrected chi connectivity index (χ0v) is 8.48. The minimum atomic E-state index is 0.522. The van der Waals surface area contributed by atoms with E-state index in [-0.39, 0.29) is 0 Å². The van der Waals surface area contributed by atoms with Crippen LogP contribution in [0.1, 0.15) is 0 Å². The molecule has 0 saturated carbocycles. The van der Waals surface area contributed by atoms with Crippen molar-refractivity contribution in [3.63, 3.8) is 0 Å². The van der Waals surface area contributed by atoms with Gasteiger partial charge in [-0.3, -0.25) is 4.98 Å². The van der Waals surface area contributed by atoms with Crippen LogP contribution in [0.25, 0.3) is 0 Å². The van der Waals surface area contributed by atoms with E-state index in [1.54, 1.807) is 24.7 Å². The fourth-order valence-corrected chi connectivity index (χ4v) is 1.61. The second kappa shape index (κ2) is 4.67. The van der Waals surface area contributed by atoms with Crippen molar-refractivity contribution < 1.29 is 0 Å². The summed E-state index contributed by atoms with van der Waals surface area (Å²) in [7, 11) is 0. The van der Waals surface area contributed by atoms with Gasteiger partial charge in [-0.05, 0) is 17.8 Å². The summed E-state index contributed by atoms with van der Waals surface area (Å²) in [6, 6.07) is 1.80. The van der Waals surface area contributed by atoms with Crippen LogP contribution in [0.2, 0.25) is 0 Å². The summed E-state index contributed by atoms with van der Waals surface area (Å²) < 4.78 is 0. The molecule has 0 bridgehead atoms. The van der Waals surface area contributed by atoms with Crippen LogP contribution in [-0.4, -0.2) is 19.9 Å². The van der Waals surface area contributed by atoms with Gasteiger partial charge in [0.05, 0.1) is 12.4 Å². The Bertz CT molecular complexity index is 434. The minimum Gasteiger partial charge on any atom is -0.307 e. The third-order valence-corrected chi connectivity index (χ3v) is 2.38. The normalized spacial score (nSPS) is 9.93. The second-order valence-corrected chi connectivity index (χ2v) is 3.58. The fraction of sp³-hybridized carbons (Fsp3) is 0. The summed E-state index contributed by atoms with van der Waals surface area (Å²) in [5.74, 6) is 5.75. The molecule has 3 N–H and O–H groups in total. The van der Waals surface area contributed by atoms with Gasteiger partial charge in [0.15, 0.2) is 5.82 Å². The predicted molar refractivity (Wildman–Crippen MR) is 56.0 cm³/mol. The number of hydrogen-bond acceptors (Lipinski definition) is 7. The first kappa shape index (κ1) is 9.81. The van der Waals surface area contributed by atoms with Gasteiger partial charge in [-0.1, -0.05) is 0 Å². The van der Waals surface area contributed by atoms with Gasteiger partial charge in [0.1, 0.15) is 16.4 Å². The Hall–Kier alpha value is -1.73. The molecule has 0 amide bonds. The van der Waals surface area contributed by atoms with Crippen LogP contribution < -0.4 is 11.3 Å². The van der Waals surface area contributed by atoms with Crippen LogP contribution in [0, 0.1) is 0 Å². The van der Waals surface area contributed by atoms with Gasteiger partial charge >= 0.3 is 0 Å². The lowest BCUT2D eigenvalue weighted by Gasteiger charge is -2.01. The molecule has 0 aliphatic carbocycles. The first-order valence-corrected chi connectivity index (χ1v) is 4.92. The Morgan fingerprint density at radius 3 is 2.87 bits per heavy atom. The average Bonchev–Trinajstić information content (AvgIpc) is 2.31. The first-order chi connectivity index (χ1) is 7.38. The molecule has 0 saturated heterocycles.